The standard InChI is InChI=1S/C21H21N5O4S/c1-12(2)17(22-18(27)15-5-4-6-16(11-15)26(29)30)19(28)23-21-25-24-20(31-21)14-9-7-13(3)8-10-14/h4-12,17H,1-3H3,(H,22,27)(H,23,25,28). The lowest BCUT2D eigenvalue weighted by Gasteiger charge is -2.21. The molecule has 3 rings (SSSR count). The van der Waals surface area contributed by atoms with Gasteiger partial charge in [-0.2, -0.15) is 0 Å². The number of non-ortho nitro benzene ring substituents is 1. The summed E-state index contributed by atoms with van der Waals surface area (Å²) in [6.07, 6.45) is 0. The van der Waals surface area contributed by atoms with Crippen molar-refractivity contribution in [1.29, 1.82) is 0 Å². The van der Waals surface area contributed by atoms with Gasteiger partial charge in [0.05, 0.1) is 4.92 Å². The average Bonchev–Trinajstić information content (AvgIpc) is 3.20. The van der Waals surface area contributed by atoms with Crippen LogP contribution in [0.2, 0.25) is 0 Å². The fourth-order valence-electron chi connectivity index (χ4n) is 2.79. The highest BCUT2D eigenvalue weighted by Crippen LogP contribution is 2.26. The third-order valence-corrected chi connectivity index (χ3v) is 5.40. The van der Waals surface area contributed by atoms with Crippen LogP contribution in [0, 0.1) is 23.0 Å². The number of carbonyl (C=O) groups is 2. The van der Waals surface area contributed by atoms with E-state index < -0.39 is 22.8 Å². The molecule has 1 aromatic heterocycles. The summed E-state index contributed by atoms with van der Waals surface area (Å²) >= 11 is 1.23. The van der Waals surface area contributed by atoms with Crippen LogP contribution in [-0.4, -0.2) is 33.0 Å². The van der Waals surface area contributed by atoms with E-state index in [1.54, 1.807) is 13.8 Å². The molecule has 0 aliphatic carbocycles. The van der Waals surface area contributed by atoms with Crippen molar-refractivity contribution in [2.24, 2.45) is 5.92 Å². The molecule has 1 heterocycles. The van der Waals surface area contributed by atoms with Gasteiger partial charge in [-0.15, -0.1) is 10.2 Å². The van der Waals surface area contributed by atoms with Gasteiger partial charge in [-0.05, 0) is 18.9 Å². The molecule has 10 heteroatoms. The monoisotopic (exact) mass is 439 g/mol. The topological polar surface area (TPSA) is 127 Å². The van der Waals surface area contributed by atoms with E-state index in [1.165, 1.54) is 35.6 Å². The number of hydrogen-bond donors (Lipinski definition) is 2. The maximum absolute atomic E-state index is 12.8. The van der Waals surface area contributed by atoms with Gasteiger partial charge in [-0.3, -0.25) is 25.0 Å². The first kappa shape index (κ1) is 22.0. The zero-order valence-corrected chi connectivity index (χ0v) is 18.0. The van der Waals surface area contributed by atoms with Crippen LogP contribution in [0.25, 0.3) is 10.6 Å². The molecule has 0 aliphatic heterocycles. The lowest BCUT2D eigenvalue weighted by Crippen LogP contribution is -2.47. The van der Waals surface area contributed by atoms with Crippen LogP contribution in [-0.2, 0) is 4.79 Å². The lowest BCUT2D eigenvalue weighted by atomic mass is 10.0. The molecule has 0 bridgehead atoms. The molecule has 0 saturated carbocycles. The Morgan fingerprint density at radius 1 is 1.10 bits per heavy atom. The van der Waals surface area contributed by atoms with Gasteiger partial charge in [-0.25, -0.2) is 0 Å². The number of aryl methyl sites for hydroxylation is 1. The number of aromatic nitrogens is 2. The Balaban J connectivity index is 1.71. The summed E-state index contributed by atoms with van der Waals surface area (Å²) in [5.74, 6) is -1.25. The minimum Gasteiger partial charge on any atom is -0.340 e. The van der Waals surface area contributed by atoms with Crippen LogP contribution in [0.15, 0.2) is 48.5 Å². The first-order chi connectivity index (χ1) is 14.7. The Labute approximate surface area is 182 Å². The fourth-order valence-corrected chi connectivity index (χ4v) is 3.54. The number of nitrogens with zero attached hydrogens (tertiary/aromatic N) is 3. The molecule has 1 atom stereocenters. The first-order valence-corrected chi connectivity index (χ1v) is 10.3. The van der Waals surface area contributed by atoms with Crippen molar-refractivity contribution in [1.82, 2.24) is 15.5 Å². The minimum atomic E-state index is -0.863. The Bertz CT molecular complexity index is 1110. The molecule has 2 amide bonds. The number of carbonyl (C=O) groups excluding carboxylic acids is 2. The third-order valence-electron chi connectivity index (χ3n) is 4.51. The average molecular weight is 439 g/mol. The van der Waals surface area contributed by atoms with Crippen LogP contribution in [0.1, 0.15) is 29.8 Å². The highest BCUT2D eigenvalue weighted by molar-refractivity contribution is 7.18. The Morgan fingerprint density at radius 3 is 2.45 bits per heavy atom. The normalized spacial score (nSPS) is 11.7. The Hall–Kier alpha value is -3.66. The van der Waals surface area contributed by atoms with Crippen LogP contribution in [0.4, 0.5) is 10.8 Å². The maximum Gasteiger partial charge on any atom is 0.270 e. The van der Waals surface area contributed by atoms with E-state index in [1.807, 2.05) is 31.2 Å². The van der Waals surface area contributed by atoms with Crippen LogP contribution in [0.5, 0.6) is 0 Å². The summed E-state index contributed by atoms with van der Waals surface area (Å²) < 4.78 is 0. The van der Waals surface area contributed by atoms with Crippen LogP contribution >= 0.6 is 11.3 Å². The van der Waals surface area contributed by atoms with Gasteiger partial charge >= 0.3 is 0 Å². The number of rotatable bonds is 7. The van der Waals surface area contributed by atoms with Gasteiger partial charge in [0.15, 0.2) is 0 Å². The predicted molar refractivity (Wildman–Crippen MR) is 118 cm³/mol. The number of benzene rings is 2. The number of nitro groups is 1. The highest BCUT2D eigenvalue weighted by atomic mass is 32.1. The molecule has 0 spiro atoms. The van der Waals surface area contributed by atoms with Crippen LogP contribution < -0.4 is 10.6 Å². The second kappa shape index (κ2) is 9.43. The SMILES string of the molecule is Cc1ccc(-c2nnc(NC(=O)C(NC(=O)c3cccc([N+](=O)[O-])c3)C(C)C)s2)cc1. The van der Waals surface area contributed by atoms with Crippen molar-refractivity contribution in [3.05, 3.63) is 69.8 Å². The molecular weight excluding hydrogens is 418 g/mol. The molecule has 2 N–H and O–H groups in total. The molecule has 0 fully saturated rings. The summed E-state index contributed by atoms with van der Waals surface area (Å²) in [6, 6.07) is 12.3. The van der Waals surface area contributed by atoms with E-state index in [0.29, 0.717) is 10.1 Å². The first-order valence-electron chi connectivity index (χ1n) is 9.51. The van der Waals surface area contributed by atoms with E-state index in [0.717, 1.165) is 11.1 Å². The highest BCUT2D eigenvalue weighted by Gasteiger charge is 2.26. The van der Waals surface area contributed by atoms with Gasteiger partial charge in [0, 0.05) is 23.3 Å². The maximum atomic E-state index is 12.8. The van der Waals surface area contributed by atoms with Crippen LogP contribution in [0.3, 0.4) is 0 Å². The molecule has 1 unspecified atom stereocenters. The fraction of sp³-hybridized carbons (Fsp3) is 0.238. The van der Waals surface area contributed by atoms with E-state index in [9.17, 15) is 19.7 Å². The smallest absolute Gasteiger partial charge is 0.270 e. The van der Waals surface area contributed by atoms with Crippen molar-refractivity contribution in [2.45, 2.75) is 26.8 Å². The molecular formula is C21H21N5O4S. The lowest BCUT2D eigenvalue weighted by molar-refractivity contribution is -0.384. The number of nitrogens with one attached hydrogen (secondary N) is 2. The molecule has 2 aromatic carbocycles. The Morgan fingerprint density at radius 2 is 1.81 bits per heavy atom. The predicted octanol–water partition coefficient (Wildman–Crippen LogP) is 3.81. The summed E-state index contributed by atoms with van der Waals surface area (Å²) in [7, 11) is 0. The number of hydrogen-bond acceptors (Lipinski definition) is 7. The van der Waals surface area contributed by atoms with E-state index in [2.05, 4.69) is 20.8 Å². The zero-order valence-electron chi connectivity index (χ0n) is 17.2. The molecule has 9 nitrogen and oxygen atoms in total. The van der Waals surface area contributed by atoms with Gasteiger partial charge in [-0.1, -0.05) is 61.1 Å². The molecule has 31 heavy (non-hydrogen) atoms. The quantitative estimate of drug-likeness (QED) is 0.426. The number of nitro benzene ring substituents is 1. The second-order valence-corrected chi connectivity index (χ2v) is 8.25. The Kier molecular flexibility index (Phi) is 6.71. The van der Waals surface area contributed by atoms with Crippen molar-refractivity contribution >= 4 is 34.0 Å². The largest absolute Gasteiger partial charge is 0.340 e. The second-order valence-electron chi connectivity index (χ2n) is 7.27. The van der Waals surface area contributed by atoms with Gasteiger partial charge in [0.1, 0.15) is 11.0 Å². The third kappa shape index (κ3) is 5.48. The summed E-state index contributed by atoms with van der Waals surface area (Å²) in [5, 5.41) is 25.4. The minimum absolute atomic E-state index is 0.102. The number of anilines is 1. The molecule has 0 saturated heterocycles. The molecule has 0 radical (unpaired) electrons. The van der Waals surface area contributed by atoms with Gasteiger partial charge in [0.25, 0.3) is 11.6 Å². The molecule has 3 aromatic rings. The summed E-state index contributed by atoms with van der Waals surface area (Å²) in [6.45, 7) is 5.56. The van der Waals surface area contributed by atoms with E-state index in [4.69, 9.17) is 0 Å². The van der Waals surface area contributed by atoms with Crippen molar-refractivity contribution in [2.75, 3.05) is 5.32 Å². The van der Waals surface area contributed by atoms with Gasteiger partial charge in [0.2, 0.25) is 11.0 Å². The van der Waals surface area contributed by atoms with Crippen molar-refractivity contribution < 1.29 is 14.5 Å². The van der Waals surface area contributed by atoms with E-state index >= 15 is 0 Å². The molecule has 0 aliphatic rings. The van der Waals surface area contributed by atoms with Gasteiger partial charge < -0.3 is 5.32 Å². The summed E-state index contributed by atoms with van der Waals surface area (Å²) in [4.78, 5) is 35.7. The zero-order chi connectivity index (χ0) is 22.5. The van der Waals surface area contributed by atoms with Crippen molar-refractivity contribution in [3.63, 3.8) is 0 Å². The molecule has 160 valence electrons. The van der Waals surface area contributed by atoms with E-state index in [-0.39, 0.29) is 17.2 Å². The number of amides is 2. The summed E-state index contributed by atoms with van der Waals surface area (Å²) in [5.41, 5.74) is 1.92. The van der Waals surface area contributed by atoms with Crippen molar-refractivity contribution in [3.8, 4) is 10.6 Å².